The predicted octanol–water partition coefficient (Wildman–Crippen LogP) is 3.51. The van der Waals surface area contributed by atoms with Gasteiger partial charge in [-0.05, 0) is 52.9 Å². The van der Waals surface area contributed by atoms with Crippen molar-refractivity contribution in [3.05, 3.63) is 33.3 Å². The standard InChI is InChI=1S/C13H15BrClNO/c14-10-3-1-8(5-11(10)15)7-16-12-6-9-2-4-13(12)17-9/h1,3,5,9,12-13,16H,2,4,6-7H2. The fourth-order valence-electron chi connectivity index (χ4n) is 2.75. The maximum absolute atomic E-state index is 6.07. The molecule has 0 saturated carbocycles. The molecule has 2 heterocycles. The Morgan fingerprint density at radius 3 is 2.94 bits per heavy atom. The molecular weight excluding hydrogens is 302 g/mol. The van der Waals surface area contributed by atoms with Gasteiger partial charge in [-0.25, -0.2) is 0 Å². The summed E-state index contributed by atoms with van der Waals surface area (Å²) in [7, 11) is 0. The van der Waals surface area contributed by atoms with Crippen molar-refractivity contribution in [2.45, 2.75) is 44.1 Å². The summed E-state index contributed by atoms with van der Waals surface area (Å²) in [6, 6.07) is 6.62. The van der Waals surface area contributed by atoms with Crippen LogP contribution in [0.5, 0.6) is 0 Å². The molecule has 2 fully saturated rings. The van der Waals surface area contributed by atoms with Gasteiger partial charge < -0.3 is 10.1 Å². The van der Waals surface area contributed by atoms with Gasteiger partial charge in [0, 0.05) is 17.1 Å². The first-order valence-electron chi connectivity index (χ1n) is 6.05. The van der Waals surface area contributed by atoms with Gasteiger partial charge >= 0.3 is 0 Å². The number of rotatable bonds is 3. The SMILES string of the molecule is Clc1cc(CNC2CC3CCC2O3)ccc1Br. The van der Waals surface area contributed by atoms with E-state index in [4.69, 9.17) is 16.3 Å². The van der Waals surface area contributed by atoms with Crippen LogP contribution in [0.1, 0.15) is 24.8 Å². The van der Waals surface area contributed by atoms with Crippen molar-refractivity contribution in [1.29, 1.82) is 0 Å². The number of fused-ring (bicyclic) bond motifs is 2. The Hall–Kier alpha value is -0.0900. The summed E-state index contributed by atoms with van der Waals surface area (Å²) in [5, 5.41) is 4.35. The predicted molar refractivity (Wildman–Crippen MR) is 72.3 cm³/mol. The number of nitrogens with one attached hydrogen (secondary N) is 1. The summed E-state index contributed by atoms with van der Waals surface area (Å²) in [6.45, 7) is 0.865. The summed E-state index contributed by atoms with van der Waals surface area (Å²) in [6.07, 6.45) is 4.56. The molecule has 3 unspecified atom stereocenters. The molecule has 3 atom stereocenters. The van der Waals surface area contributed by atoms with Crippen LogP contribution in [0.4, 0.5) is 0 Å². The molecule has 2 saturated heterocycles. The highest BCUT2D eigenvalue weighted by Gasteiger charge is 2.40. The fraction of sp³-hybridized carbons (Fsp3) is 0.538. The van der Waals surface area contributed by atoms with E-state index >= 15 is 0 Å². The highest BCUT2D eigenvalue weighted by atomic mass is 79.9. The molecule has 17 heavy (non-hydrogen) atoms. The van der Waals surface area contributed by atoms with Crippen LogP contribution in [0.15, 0.2) is 22.7 Å². The minimum atomic E-state index is 0.436. The maximum atomic E-state index is 6.07. The molecule has 3 rings (SSSR count). The zero-order valence-corrected chi connectivity index (χ0v) is 11.8. The van der Waals surface area contributed by atoms with Gasteiger partial charge in [-0.3, -0.25) is 0 Å². The second-order valence-electron chi connectivity index (χ2n) is 4.85. The lowest BCUT2D eigenvalue weighted by Crippen LogP contribution is -2.36. The van der Waals surface area contributed by atoms with Crippen LogP contribution < -0.4 is 5.32 Å². The average Bonchev–Trinajstić information content (AvgIpc) is 2.92. The van der Waals surface area contributed by atoms with Crippen LogP contribution in [0.25, 0.3) is 0 Å². The van der Waals surface area contributed by atoms with Gasteiger partial charge in [-0.2, -0.15) is 0 Å². The van der Waals surface area contributed by atoms with Gasteiger partial charge in [-0.15, -0.1) is 0 Å². The van der Waals surface area contributed by atoms with Crippen LogP contribution in [0.3, 0.4) is 0 Å². The number of hydrogen-bond donors (Lipinski definition) is 1. The monoisotopic (exact) mass is 315 g/mol. The zero-order valence-electron chi connectivity index (χ0n) is 9.46. The van der Waals surface area contributed by atoms with E-state index in [1.54, 1.807) is 0 Å². The van der Waals surface area contributed by atoms with Gasteiger partial charge in [0.2, 0.25) is 0 Å². The summed E-state index contributed by atoms with van der Waals surface area (Å²) < 4.78 is 6.77. The molecule has 0 radical (unpaired) electrons. The van der Waals surface area contributed by atoms with E-state index in [0.717, 1.165) is 22.5 Å². The number of benzene rings is 1. The van der Waals surface area contributed by atoms with E-state index in [9.17, 15) is 0 Å². The Morgan fingerprint density at radius 2 is 2.29 bits per heavy atom. The lowest BCUT2D eigenvalue weighted by atomic mass is 9.95. The Morgan fingerprint density at radius 1 is 1.41 bits per heavy atom. The van der Waals surface area contributed by atoms with Crippen molar-refractivity contribution in [2.24, 2.45) is 0 Å². The second kappa shape index (κ2) is 4.88. The van der Waals surface area contributed by atoms with E-state index in [2.05, 4.69) is 27.3 Å². The van der Waals surface area contributed by atoms with Crippen molar-refractivity contribution in [2.75, 3.05) is 0 Å². The molecule has 0 aromatic heterocycles. The molecule has 1 aromatic carbocycles. The first kappa shape index (κ1) is 12.0. The quantitative estimate of drug-likeness (QED) is 0.921. The van der Waals surface area contributed by atoms with E-state index in [0.29, 0.717) is 18.2 Å². The normalized spacial score (nSPS) is 31.1. The third kappa shape index (κ3) is 2.53. The molecule has 92 valence electrons. The molecule has 0 aliphatic carbocycles. The highest BCUT2D eigenvalue weighted by Crippen LogP contribution is 2.34. The first-order chi connectivity index (χ1) is 8.22. The molecule has 0 spiro atoms. The molecular formula is C13H15BrClNO. The summed E-state index contributed by atoms with van der Waals surface area (Å²) >= 11 is 9.47. The molecule has 2 bridgehead atoms. The van der Waals surface area contributed by atoms with Crippen LogP contribution in [-0.2, 0) is 11.3 Å². The molecule has 0 amide bonds. The van der Waals surface area contributed by atoms with Crippen LogP contribution in [0, 0.1) is 0 Å². The number of hydrogen-bond acceptors (Lipinski definition) is 2. The molecule has 2 nitrogen and oxygen atoms in total. The zero-order chi connectivity index (χ0) is 11.8. The third-order valence-corrected chi connectivity index (χ3v) is 4.89. The molecule has 1 aromatic rings. The van der Waals surface area contributed by atoms with Gasteiger partial charge in [0.25, 0.3) is 0 Å². The van der Waals surface area contributed by atoms with Gasteiger partial charge in [-0.1, -0.05) is 17.7 Å². The number of halogens is 2. The Bertz CT molecular complexity index is 426. The molecule has 4 heteroatoms. The highest BCUT2D eigenvalue weighted by molar-refractivity contribution is 9.10. The van der Waals surface area contributed by atoms with E-state index in [1.807, 2.05) is 12.1 Å². The summed E-state index contributed by atoms with van der Waals surface area (Å²) in [5.74, 6) is 0. The van der Waals surface area contributed by atoms with Crippen LogP contribution in [-0.4, -0.2) is 18.2 Å². The Labute approximate surface area is 115 Å². The molecule has 2 aliphatic heterocycles. The summed E-state index contributed by atoms with van der Waals surface area (Å²) in [5.41, 5.74) is 1.22. The van der Waals surface area contributed by atoms with Crippen molar-refractivity contribution < 1.29 is 4.74 Å². The second-order valence-corrected chi connectivity index (χ2v) is 6.11. The topological polar surface area (TPSA) is 21.3 Å². The lowest BCUT2D eigenvalue weighted by Gasteiger charge is -2.20. The van der Waals surface area contributed by atoms with Gasteiger partial charge in [0.05, 0.1) is 17.2 Å². The van der Waals surface area contributed by atoms with Crippen molar-refractivity contribution >= 4 is 27.5 Å². The Balaban J connectivity index is 1.59. The first-order valence-corrected chi connectivity index (χ1v) is 7.22. The van der Waals surface area contributed by atoms with Crippen molar-refractivity contribution in [3.8, 4) is 0 Å². The Kier molecular flexibility index (Phi) is 3.44. The van der Waals surface area contributed by atoms with E-state index in [1.165, 1.54) is 18.4 Å². The minimum Gasteiger partial charge on any atom is -0.373 e. The van der Waals surface area contributed by atoms with Crippen molar-refractivity contribution in [1.82, 2.24) is 5.32 Å². The van der Waals surface area contributed by atoms with E-state index in [-0.39, 0.29) is 0 Å². The average molecular weight is 317 g/mol. The molecule has 1 N–H and O–H groups in total. The van der Waals surface area contributed by atoms with Crippen molar-refractivity contribution in [3.63, 3.8) is 0 Å². The largest absolute Gasteiger partial charge is 0.373 e. The fourth-order valence-corrected chi connectivity index (χ4v) is 3.20. The smallest absolute Gasteiger partial charge is 0.0733 e. The van der Waals surface area contributed by atoms with Gasteiger partial charge in [0.15, 0.2) is 0 Å². The maximum Gasteiger partial charge on any atom is 0.0733 e. The molecule has 2 aliphatic rings. The third-order valence-electron chi connectivity index (χ3n) is 3.66. The number of ether oxygens (including phenoxy) is 1. The minimum absolute atomic E-state index is 0.436. The van der Waals surface area contributed by atoms with E-state index < -0.39 is 0 Å². The lowest BCUT2D eigenvalue weighted by molar-refractivity contribution is 0.0973. The van der Waals surface area contributed by atoms with Gasteiger partial charge in [0.1, 0.15) is 0 Å². The summed E-state index contributed by atoms with van der Waals surface area (Å²) in [4.78, 5) is 0. The van der Waals surface area contributed by atoms with Crippen LogP contribution in [0.2, 0.25) is 5.02 Å². The van der Waals surface area contributed by atoms with Crippen LogP contribution >= 0.6 is 27.5 Å².